The van der Waals surface area contributed by atoms with E-state index in [1.807, 2.05) is 25.3 Å². The first-order valence-electron chi connectivity index (χ1n) is 7.66. The summed E-state index contributed by atoms with van der Waals surface area (Å²) in [5.74, 6) is 0. The third-order valence-electron chi connectivity index (χ3n) is 3.99. The average molecular weight is 331 g/mol. The number of nitrogens with one attached hydrogen (secondary N) is 1. The van der Waals surface area contributed by atoms with Crippen molar-refractivity contribution >= 4 is 21.4 Å². The number of rotatable bonds is 5. The highest BCUT2D eigenvalue weighted by Crippen LogP contribution is 2.32. The van der Waals surface area contributed by atoms with Crippen LogP contribution in [0.25, 0.3) is 0 Å². The van der Waals surface area contributed by atoms with E-state index in [4.69, 9.17) is 0 Å². The largest absolute Gasteiger partial charge is 0.310 e. The molecule has 1 saturated heterocycles. The van der Waals surface area contributed by atoms with Crippen LogP contribution in [0.2, 0.25) is 0 Å². The van der Waals surface area contributed by atoms with Crippen LogP contribution in [0.4, 0.5) is 0 Å². The Morgan fingerprint density at radius 2 is 1.95 bits per heavy atom. The van der Waals surface area contributed by atoms with Crippen molar-refractivity contribution in [2.24, 2.45) is 0 Å². The molecule has 120 valence electrons. The van der Waals surface area contributed by atoms with Gasteiger partial charge in [-0.05, 0) is 43.7 Å². The second-order valence-corrected chi connectivity index (χ2v) is 9.25. The summed E-state index contributed by atoms with van der Waals surface area (Å²) in [6.45, 7) is 8.92. The molecular formula is C15H26N2O2S2. The van der Waals surface area contributed by atoms with Crippen molar-refractivity contribution in [2.75, 3.05) is 0 Å². The molecule has 0 aliphatic carbocycles. The molecule has 4 nitrogen and oxygen atoms in total. The first kappa shape index (κ1) is 16.9. The van der Waals surface area contributed by atoms with Crippen molar-refractivity contribution in [3.63, 3.8) is 0 Å². The highest BCUT2D eigenvalue weighted by molar-refractivity contribution is 7.91. The molecule has 0 radical (unpaired) electrons. The molecule has 0 bridgehead atoms. The van der Waals surface area contributed by atoms with Gasteiger partial charge in [0.15, 0.2) is 0 Å². The zero-order valence-electron chi connectivity index (χ0n) is 13.3. The molecule has 1 aliphatic heterocycles. The Morgan fingerprint density at radius 3 is 2.52 bits per heavy atom. The summed E-state index contributed by atoms with van der Waals surface area (Å²) in [6, 6.07) is 2.41. The Labute approximate surface area is 132 Å². The lowest BCUT2D eigenvalue weighted by Crippen LogP contribution is -2.47. The lowest BCUT2D eigenvalue weighted by Gasteiger charge is -2.37. The minimum Gasteiger partial charge on any atom is -0.310 e. The van der Waals surface area contributed by atoms with Crippen LogP contribution in [0.5, 0.6) is 0 Å². The van der Waals surface area contributed by atoms with Gasteiger partial charge < -0.3 is 5.32 Å². The number of sulfonamides is 1. The van der Waals surface area contributed by atoms with Crippen molar-refractivity contribution in [3.05, 3.63) is 17.0 Å². The van der Waals surface area contributed by atoms with Crippen molar-refractivity contribution in [1.29, 1.82) is 0 Å². The third-order valence-corrected chi connectivity index (χ3v) is 7.58. The quantitative estimate of drug-likeness (QED) is 0.902. The van der Waals surface area contributed by atoms with E-state index in [1.54, 1.807) is 4.31 Å². The molecule has 0 spiro atoms. The number of thiophene rings is 1. The lowest BCUT2D eigenvalue weighted by atomic mass is 10.0. The molecular weight excluding hydrogens is 304 g/mol. The fourth-order valence-corrected chi connectivity index (χ4v) is 6.07. The maximum atomic E-state index is 12.9. The van der Waals surface area contributed by atoms with E-state index in [-0.39, 0.29) is 12.1 Å². The zero-order chi connectivity index (χ0) is 15.6. The summed E-state index contributed by atoms with van der Waals surface area (Å²) in [5, 5.41) is 5.27. The van der Waals surface area contributed by atoms with Gasteiger partial charge in [0.05, 0.1) is 0 Å². The standard InChI is InChI=1S/C15H26N2O2S2/c1-11(2)16-9-14-8-15(20-10-14)21(18,19)17-12(3)6-5-7-13(17)4/h8,10-13,16H,5-7,9H2,1-4H3. The van der Waals surface area contributed by atoms with E-state index in [1.165, 1.54) is 11.3 Å². The van der Waals surface area contributed by atoms with Crippen LogP contribution in [-0.4, -0.2) is 30.8 Å². The highest BCUT2D eigenvalue weighted by Gasteiger charge is 2.36. The molecule has 1 aromatic rings. The van der Waals surface area contributed by atoms with Crippen LogP contribution in [0.3, 0.4) is 0 Å². The van der Waals surface area contributed by atoms with E-state index in [0.717, 1.165) is 31.4 Å². The smallest absolute Gasteiger partial charge is 0.253 e. The number of nitrogens with zero attached hydrogens (tertiary/aromatic N) is 1. The van der Waals surface area contributed by atoms with Gasteiger partial charge in [-0.3, -0.25) is 0 Å². The SMILES string of the molecule is CC(C)NCc1csc(S(=O)(=O)N2C(C)CCCC2C)c1. The second-order valence-electron chi connectivity index (χ2n) is 6.27. The van der Waals surface area contributed by atoms with Crippen LogP contribution >= 0.6 is 11.3 Å². The van der Waals surface area contributed by atoms with Gasteiger partial charge in [-0.2, -0.15) is 4.31 Å². The highest BCUT2D eigenvalue weighted by atomic mass is 32.2. The molecule has 2 atom stereocenters. The Hall–Kier alpha value is -0.430. The van der Waals surface area contributed by atoms with Gasteiger partial charge in [-0.15, -0.1) is 11.3 Å². The first-order valence-corrected chi connectivity index (χ1v) is 9.98. The Kier molecular flexibility index (Phi) is 5.46. The molecule has 0 aromatic carbocycles. The number of piperidine rings is 1. The van der Waals surface area contributed by atoms with Crippen molar-refractivity contribution in [1.82, 2.24) is 9.62 Å². The van der Waals surface area contributed by atoms with Gasteiger partial charge in [0, 0.05) is 24.7 Å². The Morgan fingerprint density at radius 1 is 1.33 bits per heavy atom. The van der Waals surface area contributed by atoms with Gasteiger partial charge in [-0.1, -0.05) is 20.3 Å². The van der Waals surface area contributed by atoms with E-state index in [2.05, 4.69) is 19.2 Å². The predicted octanol–water partition coefficient (Wildman–Crippen LogP) is 3.20. The molecule has 1 aliphatic rings. The summed E-state index contributed by atoms with van der Waals surface area (Å²) in [7, 11) is -3.35. The van der Waals surface area contributed by atoms with E-state index < -0.39 is 10.0 Å². The maximum Gasteiger partial charge on any atom is 0.253 e. The predicted molar refractivity (Wildman–Crippen MR) is 88.1 cm³/mol. The van der Waals surface area contributed by atoms with Crippen LogP contribution in [0, 0.1) is 0 Å². The molecule has 0 amide bonds. The minimum absolute atomic E-state index is 0.0955. The number of hydrogen-bond acceptors (Lipinski definition) is 4. The summed E-state index contributed by atoms with van der Waals surface area (Å²) >= 11 is 1.34. The van der Waals surface area contributed by atoms with Gasteiger partial charge in [0.25, 0.3) is 10.0 Å². The van der Waals surface area contributed by atoms with Crippen LogP contribution in [-0.2, 0) is 16.6 Å². The van der Waals surface area contributed by atoms with Crippen LogP contribution in [0.15, 0.2) is 15.7 Å². The summed E-state index contributed by atoms with van der Waals surface area (Å²) in [6.07, 6.45) is 3.02. The van der Waals surface area contributed by atoms with Gasteiger partial charge in [-0.25, -0.2) is 8.42 Å². The van der Waals surface area contributed by atoms with E-state index >= 15 is 0 Å². The second kappa shape index (κ2) is 6.77. The van der Waals surface area contributed by atoms with E-state index in [9.17, 15) is 8.42 Å². The van der Waals surface area contributed by atoms with Crippen molar-refractivity contribution in [2.45, 2.75) is 75.8 Å². The number of hydrogen-bond donors (Lipinski definition) is 1. The van der Waals surface area contributed by atoms with Crippen molar-refractivity contribution < 1.29 is 8.42 Å². The molecule has 6 heteroatoms. The summed E-state index contributed by atoms with van der Waals surface area (Å²) in [5.41, 5.74) is 1.05. The molecule has 0 saturated carbocycles. The van der Waals surface area contributed by atoms with Gasteiger partial charge in [0.1, 0.15) is 4.21 Å². The molecule has 1 aromatic heterocycles. The first-order chi connectivity index (χ1) is 9.82. The molecule has 1 fully saturated rings. The normalized spacial score (nSPS) is 24.6. The summed E-state index contributed by atoms with van der Waals surface area (Å²) in [4.78, 5) is 0. The van der Waals surface area contributed by atoms with Crippen LogP contribution < -0.4 is 5.32 Å². The van der Waals surface area contributed by atoms with Crippen molar-refractivity contribution in [3.8, 4) is 0 Å². The molecule has 2 unspecified atom stereocenters. The molecule has 2 heterocycles. The molecule has 21 heavy (non-hydrogen) atoms. The molecule has 1 N–H and O–H groups in total. The fraction of sp³-hybridized carbons (Fsp3) is 0.733. The fourth-order valence-electron chi connectivity index (χ4n) is 2.88. The lowest BCUT2D eigenvalue weighted by molar-refractivity contribution is 0.204. The monoisotopic (exact) mass is 330 g/mol. The Bertz CT molecular complexity index is 556. The van der Waals surface area contributed by atoms with Gasteiger partial charge in [0.2, 0.25) is 0 Å². The molecule has 2 rings (SSSR count). The zero-order valence-corrected chi connectivity index (χ0v) is 14.9. The topological polar surface area (TPSA) is 49.4 Å². The maximum absolute atomic E-state index is 12.9. The minimum atomic E-state index is -3.35. The average Bonchev–Trinajstić information content (AvgIpc) is 2.85. The third kappa shape index (κ3) is 3.86. The summed E-state index contributed by atoms with van der Waals surface area (Å²) < 4.78 is 27.9. The van der Waals surface area contributed by atoms with Gasteiger partial charge >= 0.3 is 0 Å². The van der Waals surface area contributed by atoms with E-state index in [0.29, 0.717) is 10.3 Å². The Balaban J connectivity index is 2.19. The van der Waals surface area contributed by atoms with Crippen LogP contribution in [0.1, 0.15) is 52.5 Å².